The van der Waals surface area contributed by atoms with Gasteiger partial charge in [0.1, 0.15) is 5.76 Å². The number of carbonyl (C=O) groups excluding carboxylic acids is 2. The van der Waals surface area contributed by atoms with Crippen LogP contribution >= 0.6 is 0 Å². The third-order valence-electron chi connectivity index (χ3n) is 6.13. The van der Waals surface area contributed by atoms with Crippen LogP contribution in [0.2, 0.25) is 0 Å². The molecule has 2 heterocycles. The van der Waals surface area contributed by atoms with E-state index in [2.05, 4.69) is 10.2 Å². The first-order valence-electron chi connectivity index (χ1n) is 11.3. The molecule has 1 aromatic heterocycles. The smallest absolute Gasteiger partial charge is 0.301 e. The van der Waals surface area contributed by atoms with E-state index in [1.54, 1.807) is 31.2 Å². The van der Waals surface area contributed by atoms with Crippen LogP contribution in [0.5, 0.6) is 0 Å². The Balaban J connectivity index is 1.66. The van der Waals surface area contributed by atoms with E-state index in [0.717, 1.165) is 16.7 Å². The van der Waals surface area contributed by atoms with Gasteiger partial charge in [-0.2, -0.15) is 5.10 Å². The van der Waals surface area contributed by atoms with Crippen molar-refractivity contribution in [2.75, 3.05) is 4.90 Å². The topological polar surface area (TPSA) is 83.4 Å². The predicted molar refractivity (Wildman–Crippen MR) is 135 cm³/mol. The summed E-state index contributed by atoms with van der Waals surface area (Å²) in [5.41, 5.74) is 4.93. The Morgan fingerprint density at radius 2 is 1.43 bits per heavy atom. The fraction of sp³-hybridized carbons (Fsp3) is 0.103. The molecule has 0 spiro atoms. The van der Waals surface area contributed by atoms with Gasteiger partial charge in [-0.3, -0.25) is 14.5 Å². The second kappa shape index (κ2) is 8.99. The van der Waals surface area contributed by atoms with Crippen LogP contribution < -0.4 is 4.90 Å². The van der Waals surface area contributed by atoms with Gasteiger partial charge in [-0.15, -0.1) is 5.10 Å². The highest BCUT2D eigenvalue weighted by Crippen LogP contribution is 2.41. The Bertz CT molecular complexity index is 1430. The number of benzene rings is 3. The molecular formula is C29H23N3O3. The Kier molecular flexibility index (Phi) is 5.71. The molecule has 0 saturated carbocycles. The van der Waals surface area contributed by atoms with Gasteiger partial charge in [0.15, 0.2) is 5.82 Å². The molecule has 1 N–H and O–H groups in total. The number of ketones is 1. The second-order valence-corrected chi connectivity index (χ2v) is 8.56. The summed E-state index contributed by atoms with van der Waals surface area (Å²) in [5, 5.41) is 19.4. The van der Waals surface area contributed by atoms with Crippen molar-refractivity contribution < 1.29 is 14.7 Å². The van der Waals surface area contributed by atoms with Crippen LogP contribution in [0.1, 0.15) is 28.4 Å². The summed E-state index contributed by atoms with van der Waals surface area (Å²) in [7, 11) is 0. The van der Waals surface area contributed by atoms with E-state index >= 15 is 0 Å². The van der Waals surface area contributed by atoms with Crippen LogP contribution in [0.15, 0.2) is 96.6 Å². The number of amides is 1. The van der Waals surface area contributed by atoms with Gasteiger partial charge in [-0.1, -0.05) is 84.4 Å². The third kappa shape index (κ3) is 4.10. The van der Waals surface area contributed by atoms with Crippen LogP contribution in [0.3, 0.4) is 0 Å². The number of aliphatic hydroxyl groups is 1. The molecule has 1 fully saturated rings. The van der Waals surface area contributed by atoms with Gasteiger partial charge in [-0.25, -0.2) is 0 Å². The Labute approximate surface area is 203 Å². The zero-order valence-electron chi connectivity index (χ0n) is 19.3. The molecular weight excluding hydrogens is 438 g/mol. The lowest BCUT2D eigenvalue weighted by Crippen LogP contribution is -2.30. The average Bonchev–Trinajstić information content (AvgIpc) is 3.15. The lowest BCUT2D eigenvalue weighted by atomic mass is 9.93. The molecule has 6 nitrogen and oxygen atoms in total. The molecule has 0 radical (unpaired) electrons. The van der Waals surface area contributed by atoms with Crippen molar-refractivity contribution >= 4 is 23.3 Å². The maximum atomic E-state index is 13.3. The summed E-state index contributed by atoms with van der Waals surface area (Å²) in [6.07, 6.45) is 0. The summed E-state index contributed by atoms with van der Waals surface area (Å²) in [4.78, 5) is 27.8. The zero-order valence-corrected chi connectivity index (χ0v) is 19.3. The molecule has 3 aromatic carbocycles. The van der Waals surface area contributed by atoms with Gasteiger partial charge in [0.25, 0.3) is 5.78 Å². The Morgan fingerprint density at radius 1 is 0.771 bits per heavy atom. The second-order valence-electron chi connectivity index (χ2n) is 8.56. The van der Waals surface area contributed by atoms with Crippen molar-refractivity contribution in [2.45, 2.75) is 19.9 Å². The maximum Gasteiger partial charge on any atom is 0.301 e. The van der Waals surface area contributed by atoms with Gasteiger partial charge in [0.2, 0.25) is 0 Å². The van der Waals surface area contributed by atoms with E-state index in [9.17, 15) is 14.7 Å². The molecule has 5 rings (SSSR count). The summed E-state index contributed by atoms with van der Waals surface area (Å²) in [5.74, 6) is -1.49. The van der Waals surface area contributed by atoms with Gasteiger partial charge < -0.3 is 5.11 Å². The Morgan fingerprint density at radius 3 is 2.06 bits per heavy atom. The zero-order chi connectivity index (χ0) is 24.5. The molecule has 172 valence electrons. The van der Waals surface area contributed by atoms with E-state index in [4.69, 9.17) is 0 Å². The molecule has 1 amide bonds. The molecule has 1 unspecified atom stereocenters. The van der Waals surface area contributed by atoms with Crippen LogP contribution in [0, 0.1) is 13.8 Å². The van der Waals surface area contributed by atoms with E-state index in [1.165, 1.54) is 4.90 Å². The molecule has 4 aromatic rings. The Hall–Kier alpha value is -4.58. The molecule has 35 heavy (non-hydrogen) atoms. The molecule has 0 bridgehead atoms. The standard InChI is InChI=1S/C29H23N3O3/c1-18-8-11-23(12-9-18)27(33)25-26(22-15-13-21(14-16-22)20-6-4-3-5-7-20)32(29(35)28(25)34)24-17-10-19(2)30-31-24/h3-17,26,33H,1-2H3. The molecule has 0 aliphatic carbocycles. The van der Waals surface area contributed by atoms with Crippen LogP contribution in [0.4, 0.5) is 5.82 Å². The molecule has 6 heteroatoms. The summed E-state index contributed by atoms with van der Waals surface area (Å²) in [6, 6.07) is 27.3. The van der Waals surface area contributed by atoms with E-state index in [0.29, 0.717) is 16.8 Å². The number of nitrogens with zero attached hydrogens (tertiary/aromatic N) is 3. The molecule has 1 saturated heterocycles. The number of aliphatic hydroxyl groups excluding tert-OH is 1. The van der Waals surface area contributed by atoms with Gasteiger partial charge in [-0.05, 0) is 42.7 Å². The summed E-state index contributed by atoms with van der Waals surface area (Å²) >= 11 is 0. The highest BCUT2D eigenvalue weighted by Gasteiger charge is 2.47. The number of aromatic nitrogens is 2. The number of hydrogen-bond donors (Lipinski definition) is 1. The number of hydrogen-bond acceptors (Lipinski definition) is 5. The number of aryl methyl sites for hydroxylation is 2. The third-order valence-corrected chi connectivity index (χ3v) is 6.13. The largest absolute Gasteiger partial charge is 0.507 e. The summed E-state index contributed by atoms with van der Waals surface area (Å²) in [6.45, 7) is 3.73. The maximum absolute atomic E-state index is 13.3. The van der Waals surface area contributed by atoms with Crippen molar-refractivity contribution in [1.82, 2.24) is 10.2 Å². The predicted octanol–water partition coefficient (Wildman–Crippen LogP) is 5.39. The minimum atomic E-state index is -0.849. The fourth-order valence-corrected chi connectivity index (χ4v) is 4.26. The minimum Gasteiger partial charge on any atom is -0.507 e. The minimum absolute atomic E-state index is 0.0219. The lowest BCUT2D eigenvalue weighted by Gasteiger charge is -2.24. The van der Waals surface area contributed by atoms with E-state index < -0.39 is 17.7 Å². The number of carbonyl (C=O) groups is 2. The molecule has 1 aliphatic heterocycles. The normalized spacial score (nSPS) is 17.1. The van der Waals surface area contributed by atoms with Crippen molar-refractivity contribution in [3.8, 4) is 11.1 Å². The van der Waals surface area contributed by atoms with Crippen molar-refractivity contribution in [3.63, 3.8) is 0 Å². The van der Waals surface area contributed by atoms with Gasteiger partial charge in [0, 0.05) is 5.56 Å². The van der Waals surface area contributed by atoms with Crippen molar-refractivity contribution in [1.29, 1.82) is 0 Å². The number of rotatable bonds is 4. The van der Waals surface area contributed by atoms with Crippen molar-refractivity contribution in [3.05, 3.63) is 119 Å². The highest BCUT2D eigenvalue weighted by molar-refractivity contribution is 6.51. The SMILES string of the molecule is Cc1ccc(C(O)=C2C(=O)C(=O)N(c3ccc(C)nn3)C2c2ccc(-c3ccccc3)cc2)cc1. The molecule has 1 atom stereocenters. The first-order chi connectivity index (χ1) is 16.9. The van der Waals surface area contributed by atoms with E-state index in [1.807, 2.05) is 73.7 Å². The van der Waals surface area contributed by atoms with Crippen LogP contribution in [0.25, 0.3) is 16.9 Å². The van der Waals surface area contributed by atoms with Crippen molar-refractivity contribution in [2.24, 2.45) is 0 Å². The molecule has 1 aliphatic rings. The first-order valence-corrected chi connectivity index (χ1v) is 11.3. The number of Topliss-reactive ketones (excluding diaryl/α,β-unsaturated/α-hetero) is 1. The number of anilines is 1. The monoisotopic (exact) mass is 461 g/mol. The highest BCUT2D eigenvalue weighted by atomic mass is 16.3. The van der Waals surface area contributed by atoms with Crippen LogP contribution in [-0.2, 0) is 9.59 Å². The van der Waals surface area contributed by atoms with E-state index in [-0.39, 0.29) is 17.2 Å². The first kappa shape index (κ1) is 22.2. The quantitative estimate of drug-likeness (QED) is 0.250. The van der Waals surface area contributed by atoms with Gasteiger partial charge >= 0.3 is 5.91 Å². The van der Waals surface area contributed by atoms with Gasteiger partial charge in [0.05, 0.1) is 17.3 Å². The van der Waals surface area contributed by atoms with Crippen LogP contribution in [-0.4, -0.2) is 27.0 Å². The average molecular weight is 462 g/mol. The lowest BCUT2D eigenvalue weighted by molar-refractivity contribution is -0.132. The fourth-order valence-electron chi connectivity index (χ4n) is 4.26. The summed E-state index contributed by atoms with van der Waals surface area (Å²) < 4.78 is 0.